The average Bonchev–Trinajstić information content (AvgIpc) is 2.84. The van der Waals surface area contributed by atoms with Crippen LogP contribution in [0.15, 0.2) is 22.7 Å². The molecule has 1 N–H and O–H groups in total. The van der Waals surface area contributed by atoms with Gasteiger partial charge in [-0.25, -0.2) is 4.39 Å². The number of aliphatic carboxylic acids is 1. The molecule has 0 heterocycles. The Balaban J connectivity index is 2.39. The van der Waals surface area contributed by atoms with Gasteiger partial charge in [0.2, 0.25) is 0 Å². The Morgan fingerprint density at radius 1 is 1.67 bits per heavy atom. The van der Waals surface area contributed by atoms with Crippen LogP contribution in [-0.4, -0.2) is 11.1 Å². The number of carboxylic acid groups (broad SMARTS) is 1. The van der Waals surface area contributed by atoms with E-state index in [0.717, 1.165) is 4.47 Å². The van der Waals surface area contributed by atoms with Gasteiger partial charge in [-0.2, -0.15) is 0 Å². The second kappa shape index (κ2) is 3.30. The summed E-state index contributed by atoms with van der Waals surface area (Å²) in [6.07, 6.45) is 0.510. The third-order valence-electron chi connectivity index (χ3n) is 3.08. The Hall–Kier alpha value is -0.900. The predicted molar refractivity (Wildman–Crippen MR) is 57.2 cm³/mol. The van der Waals surface area contributed by atoms with Crippen LogP contribution < -0.4 is 0 Å². The minimum atomic E-state index is -0.850. The Morgan fingerprint density at radius 2 is 2.33 bits per heavy atom. The lowest BCUT2D eigenvalue weighted by molar-refractivity contribution is -0.138. The molecular weight excluding hydrogens is 263 g/mol. The number of halogens is 2. The van der Waals surface area contributed by atoms with Crippen LogP contribution in [0.5, 0.6) is 0 Å². The van der Waals surface area contributed by atoms with Crippen molar-refractivity contribution >= 4 is 21.9 Å². The fourth-order valence-corrected chi connectivity index (χ4v) is 2.32. The van der Waals surface area contributed by atoms with Gasteiger partial charge in [0.25, 0.3) is 0 Å². The summed E-state index contributed by atoms with van der Waals surface area (Å²) in [6, 6.07) is 4.64. The third kappa shape index (κ3) is 1.67. The van der Waals surface area contributed by atoms with Gasteiger partial charge in [-0.15, -0.1) is 0 Å². The molecule has 15 heavy (non-hydrogen) atoms. The van der Waals surface area contributed by atoms with Crippen LogP contribution in [0.1, 0.15) is 18.9 Å². The summed E-state index contributed by atoms with van der Waals surface area (Å²) in [5.74, 6) is -1.64. The first-order valence-electron chi connectivity index (χ1n) is 4.63. The highest BCUT2D eigenvalue weighted by Gasteiger charge is 2.57. The molecule has 1 aromatic carbocycles. The smallest absolute Gasteiger partial charge is 0.307 e. The Bertz CT molecular complexity index is 433. The molecule has 1 aromatic rings. The average molecular weight is 273 g/mol. The molecule has 0 aliphatic heterocycles. The van der Waals surface area contributed by atoms with Gasteiger partial charge in [0.1, 0.15) is 5.82 Å². The lowest BCUT2D eigenvalue weighted by Crippen LogP contribution is -2.12. The summed E-state index contributed by atoms with van der Waals surface area (Å²) >= 11 is 3.26. The van der Waals surface area contributed by atoms with Gasteiger partial charge in [0.05, 0.1) is 5.92 Å². The summed E-state index contributed by atoms with van der Waals surface area (Å²) in [5, 5.41) is 8.88. The SMILES string of the molecule is CC1(c2cc(Br)ccc2F)CC1C(=O)O. The van der Waals surface area contributed by atoms with Crippen molar-refractivity contribution < 1.29 is 14.3 Å². The topological polar surface area (TPSA) is 37.3 Å². The van der Waals surface area contributed by atoms with E-state index >= 15 is 0 Å². The lowest BCUT2D eigenvalue weighted by Gasteiger charge is -2.11. The highest BCUT2D eigenvalue weighted by molar-refractivity contribution is 9.10. The van der Waals surface area contributed by atoms with E-state index in [9.17, 15) is 9.18 Å². The van der Waals surface area contributed by atoms with E-state index < -0.39 is 17.3 Å². The Labute approximate surface area is 95.2 Å². The van der Waals surface area contributed by atoms with E-state index in [4.69, 9.17) is 5.11 Å². The van der Waals surface area contributed by atoms with Gasteiger partial charge >= 0.3 is 5.97 Å². The summed E-state index contributed by atoms with van der Waals surface area (Å²) in [7, 11) is 0. The van der Waals surface area contributed by atoms with E-state index in [-0.39, 0.29) is 5.82 Å². The molecule has 80 valence electrons. The van der Waals surface area contributed by atoms with Gasteiger partial charge in [0, 0.05) is 9.89 Å². The minimum absolute atomic E-state index is 0.329. The van der Waals surface area contributed by atoms with Crippen molar-refractivity contribution in [3.63, 3.8) is 0 Å². The molecule has 1 saturated carbocycles. The molecule has 0 radical (unpaired) electrons. The first kappa shape index (κ1) is 10.6. The molecule has 0 amide bonds. The quantitative estimate of drug-likeness (QED) is 0.899. The van der Waals surface area contributed by atoms with Crippen LogP contribution >= 0.6 is 15.9 Å². The van der Waals surface area contributed by atoms with Crippen molar-refractivity contribution in [2.24, 2.45) is 5.92 Å². The molecule has 4 heteroatoms. The number of rotatable bonds is 2. The zero-order valence-electron chi connectivity index (χ0n) is 8.13. The lowest BCUT2D eigenvalue weighted by atomic mass is 9.95. The van der Waals surface area contributed by atoms with Crippen molar-refractivity contribution in [1.29, 1.82) is 0 Å². The van der Waals surface area contributed by atoms with Crippen LogP contribution in [0.25, 0.3) is 0 Å². The molecule has 2 nitrogen and oxygen atoms in total. The van der Waals surface area contributed by atoms with Crippen molar-refractivity contribution in [2.75, 3.05) is 0 Å². The van der Waals surface area contributed by atoms with Crippen LogP contribution in [0.4, 0.5) is 4.39 Å². The monoisotopic (exact) mass is 272 g/mol. The van der Waals surface area contributed by atoms with Crippen LogP contribution in [-0.2, 0) is 10.2 Å². The molecule has 0 spiro atoms. The molecule has 0 bridgehead atoms. The van der Waals surface area contributed by atoms with E-state index in [1.54, 1.807) is 19.1 Å². The molecule has 1 aliphatic rings. The highest BCUT2D eigenvalue weighted by Crippen LogP contribution is 2.54. The minimum Gasteiger partial charge on any atom is -0.481 e. The van der Waals surface area contributed by atoms with E-state index in [2.05, 4.69) is 15.9 Å². The van der Waals surface area contributed by atoms with Crippen LogP contribution in [0.3, 0.4) is 0 Å². The van der Waals surface area contributed by atoms with Crippen molar-refractivity contribution in [2.45, 2.75) is 18.8 Å². The second-order valence-corrected chi connectivity index (χ2v) is 5.05. The number of carbonyl (C=O) groups is 1. The maximum absolute atomic E-state index is 13.5. The molecular formula is C11H10BrFO2. The fraction of sp³-hybridized carbons (Fsp3) is 0.364. The number of hydrogen-bond acceptors (Lipinski definition) is 1. The molecule has 2 atom stereocenters. The van der Waals surface area contributed by atoms with Crippen LogP contribution in [0, 0.1) is 11.7 Å². The van der Waals surface area contributed by atoms with Crippen molar-refractivity contribution in [3.05, 3.63) is 34.1 Å². The number of benzene rings is 1. The molecule has 0 saturated heterocycles. The van der Waals surface area contributed by atoms with Crippen molar-refractivity contribution in [3.8, 4) is 0 Å². The van der Waals surface area contributed by atoms with Gasteiger partial charge in [-0.1, -0.05) is 22.9 Å². The molecule has 1 aliphatic carbocycles. The molecule has 1 fully saturated rings. The first-order chi connectivity index (χ1) is 6.95. The summed E-state index contributed by atoms with van der Waals surface area (Å²) in [5.41, 5.74) is -0.0519. The van der Waals surface area contributed by atoms with Gasteiger partial charge in [-0.3, -0.25) is 4.79 Å². The van der Waals surface area contributed by atoms with Gasteiger partial charge < -0.3 is 5.11 Å². The van der Waals surface area contributed by atoms with Gasteiger partial charge in [-0.05, 0) is 30.2 Å². The first-order valence-corrected chi connectivity index (χ1v) is 5.43. The Morgan fingerprint density at radius 3 is 2.87 bits per heavy atom. The van der Waals surface area contributed by atoms with E-state index in [0.29, 0.717) is 12.0 Å². The molecule has 2 unspecified atom stereocenters. The maximum atomic E-state index is 13.5. The zero-order valence-corrected chi connectivity index (χ0v) is 9.71. The maximum Gasteiger partial charge on any atom is 0.307 e. The standard InChI is InChI=1S/C11H10BrFO2/c1-11(5-8(11)10(14)15)7-4-6(12)2-3-9(7)13/h2-4,8H,5H2,1H3,(H,14,15). The van der Waals surface area contributed by atoms with E-state index in [1.165, 1.54) is 6.07 Å². The number of carboxylic acids is 1. The van der Waals surface area contributed by atoms with Gasteiger partial charge in [0.15, 0.2) is 0 Å². The largest absolute Gasteiger partial charge is 0.481 e. The fourth-order valence-electron chi connectivity index (χ4n) is 1.96. The zero-order chi connectivity index (χ0) is 11.2. The summed E-state index contributed by atoms with van der Waals surface area (Å²) < 4.78 is 14.3. The molecule has 2 rings (SSSR count). The number of hydrogen-bond donors (Lipinski definition) is 1. The Kier molecular flexibility index (Phi) is 2.34. The van der Waals surface area contributed by atoms with Crippen molar-refractivity contribution in [1.82, 2.24) is 0 Å². The second-order valence-electron chi connectivity index (χ2n) is 4.14. The normalized spacial score (nSPS) is 28.9. The third-order valence-corrected chi connectivity index (χ3v) is 3.57. The van der Waals surface area contributed by atoms with Crippen LogP contribution in [0.2, 0.25) is 0 Å². The van der Waals surface area contributed by atoms with E-state index in [1.807, 2.05) is 0 Å². The predicted octanol–water partition coefficient (Wildman–Crippen LogP) is 2.95. The molecule has 0 aromatic heterocycles. The highest BCUT2D eigenvalue weighted by atomic mass is 79.9. The summed E-state index contributed by atoms with van der Waals surface area (Å²) in [4.78, 5) is 10.8. The summed E-state index contributed by atoms with van der Waals surface area (Å²) in [6.45, 7) is 1.79.